The summed E-state index contributed by atoms with van der Waals surface area (Å²) in [6.45, 7) is 4.88. The Morgan fingerprint density at radius 2 is 1.53 bits per heavy atom. The minimum absolute atomic E-state index is 0.0891. The maximum atomic E-state index is 13.4. The Labute approximate surface area is 212 Å². The highest BCUT2D eigenvalue weighted by Crippen LogP contribution is 2.38. The molecule has 1 fully saturated rings. The molecule has 2 aromatic rings. The second-order valence-electron chi connectivity index (χ2n) is 9.09. The third-order valence-corrected chi connectivity index (χ3v) is 7.16. The van der Waals surface area contributed by atoms with Crippen LogP contribution in [0.2, 0.25) is 0 Å². The van der Waals surface area contributed by atoms with E-state index >= 15 is 0 Å². The highest BCUT2D eigenvalue weighted by Gasteiger charge is 2.46. The van der Waals surface area contributed by atoms with Crippen LogP contribution in [0, 0.1) is 5.41 Å². The van der Waals surface area contributed by atoms with E-state index in [2.05, 4.69) is 5.32 Å². The van der Waals surface area contributed by atoms with Crippen LogP contribution >= 0.6 is 0 Å². The molecule has 2 N–H and O–H groups in total. The molecule has 1 aliphatic rings. The first-order valence-electron chi connectivity index (χ1n) is 12.4. The first-order chi connectivity index (χ1) is 17.3. The number of nitrogens with one attached hydrogen (secondary N) is 1. The lowest BCUT2D eigenvalue weighted by atomic mass is 9.79. The van der Waals surface area contributed by atoms with E-state index in [4.69, 9.17) is 9.47 Å². The fourth-order valence-corrected chi connectivity index (χ4v) is 4.87. The molecule has 3 rings (SSSR count). The van der Waals surface area contributed by atoms with E-state index in [0.717, 1.165) is 29.5 Å². The molecule has 0 aromatic heterocycles. The standard InChI is InChI=1S/C28H36N2O6/c1-5-28(6-2,27(34)30-16-7-8-17-30)26(33)29-21(25(31)32)18-19-12-14-20(15-13-19)24-22(35-3)10-9-11-23(24)36-4/h9-15,21H,5-8,16-18H2,1-4H3,(H,29,33)(H,31,32)/t21-/m0/s1. The Morgan fingerprint density at radius 3 is 2.00 bits per heavy atom. The Bertz CT molecular complexity index is 1050. The number of amides is 2. The summed E-state index contributed by atoms with van der Waals surface area (Å²) in [6, 6.07) is 11.8. The van der Waals surface area contributed by atoms with Gasteiger partial charge in [-0.2, -0.15) is 0 Å². The predicted molar refractivity (Wildman–Crippen MR) is 137 cm³/mol. The van der Waals surface area contributed by atoms with E-state index in [1.165, 1.54) is 0 Å². The topological polar surface area (TPSA) is 105 Å². The average Bonchev–Trinajstić information content (AvgIpc) is 3.44. The second-order valence-corrected chi connectivity index (χ2v) is 9.09. The third-order valence-electron chi connectivity index (χ3n) is 7.16. The first kappa shape index (κ1) is 27.0. The monoisotopic (exact) mass is 496 g/mol. The maximum Gasteiger partial charge on any atom is 0.326 e. The number of carbonyl (C=O) groups is 3. The number of benzene rings is 2. The van der Waals surface area contributed by atoms with E-state index in [9.17, 15) is 19.5 Å². The zero-order valence-corrected chi connectivity index (χ0v) is 21.5. The van der Waals surface area contributed by atoms with Crippen molar-refractivity contribution < 1.29 is 29.0 Å². The van der Waals surface area contributed by atoms with Crippen molar-refractivity contribution in [3.63, 3.8) is 0 Å². The Hall–Kier alpha value is -3.55. The van der Waals surface area contributed by atoms with Crippen molar-refractivity contribution in [2.24, 2.45) is 5.41 Å². The maximum absolute atomic E-state index is 13.4. The molecule has 1 saturated heterocycles. The van der Waals surface area contributed by atoms with Gasteiger partial charge in [0.25, 0.3) is 0 Å². The lowest BCUT2D eigenvalue weighted by Gasteiger charge is -2.34. The average molecular weight is 497 g/mol. The smallest absolute Gasteiger partial charge is 0.326 e. The van der Waals surface area contributed by atoms with Gasteiger partial charge >= 0.3 is 5.97 Å². The molecule has 36 heavy (non-hydrogen) atoms. The molecule has 0 aliphatic carbocycles. The normalized spacial score (nSPS) is 14.3. The molecule has 2 aromatic carbocycles. The number of ether oxygens (including phenoxy) is 2. The van der Waals surface area contributed by atoms with Gasteiger partial charge in [-0.15, -0.1) is 0 Å². The van der Waals surface area contributed by atoms with Gasteiger partial charge in [0.2, 0.25) is 11.8 Å². The molecule has 2 amide bonds. The van der Waals surface area contributed by atoms with Crippen molar-refractivity contribution in [2.45, 2.75) is 52.0 Å². The van der Waals surface area contributed by atoms with E-state index in [0.29, 0.717) is 37.4 Å². The van der Waals surface area contributed by atoms with Crippen molar-refractivity contribution in [1.82, 2.24) is 10.2 Å². The van der Waals surface area contributed by atoms with Gasteiger partial charge in [0.1, 0.15) is 23.0 Å². The summed E-state index contributed by atoms with van der Waals surface area (Å²) in [5.41, 5.74) is 1.14. The largest absolute Gasteiger partial charge is 0.496 e. The third kappa shape index (κ3) is 5.48. The molecule has 0 bridgehead atoms. The van der Waals surface area contributed by atoms with Crippen LogP contribution < -0.4 is 14.8 Å². The molecular formula is C28H36N2O6. The summed E-state index contributed by atoms with van der Waals surface area (Å²) in [5.74, 6) is -0.547. The summed E-state index contributed by atoms with van der Waals surface area (Å²) >= 11 is 0. The number of hydrogen-bond donors (Lipinski definition) is 2. The molecule has 1 aliphatic heterocycles. The summed E-state index contributed by atoms with van der Waals surface area (Å²) < 4.78 is 11.0. The van der Waals surface area contributed by atoms with E-state index in [1.54, 1.807) is 33.0 Å². The van der Waals surface area contributed by atoms with E-state index in [1.807, 2.05) is 42.5 Å². The molecule has 0 spiro atoms. The van der Waals surface area contributed by atoms with Crippen LogP contribution in [0.3, 0.4) is 0 Å². The van der Waals surface area contributed by atoms with Crippen LogP contribution in [0.15, 0.2) is 42.5 Å². The molecule has 194 valence electrons. The first-order valence-corrected chi connectivity index (χ1v) is 12.4. The number of rotatable bonds is 11. The van der Waals surface area contributed by atoms with Crippen LogP contribution in [0.5, 0.6) is 11.5 Å². The Kier molecular flexibility index (Phi) is 8.96. The summed E-state index contributed by atoms with van der Waals surface area (Å²) in [6.07, 6.45) is 2.56. The van der Waals surface area contributed by atoms with Crippen LogP contribution in [0.4, 0.5) is 0 Å². The van der Waals surface area contributed by atoms with Gasteiger partial charge in [0.05, 0.1) is 19.8 Å². The van der Waals surface area contributed by atoms with Crippen LogP contribution in [0.25, 0.3) is 11.1 Å². The van der Waals surface area contributed by atoms with Crippen molar-refractivity contribution in [2.75, 3.05) is 27.3 Å². The summed E-state index contributed by atoms with van der Waals surface area (Å²) in [7, 11) is 3.18. The van der Waals surface area contributed by atoms with Crippen molar-refractivity contribution >= 4 is 17.8 Å². The zero-order valence-electron chi connectivity index (χ0n) is 21.5. The quantitative estimate of drug-likeness (QED) is 0.457. The highest BCUT2D eigenvalue weighted by atomic mass is 16.5. The number of carbonyl (C=O) groups excluding carboxylic acids is 2. The summed E-state index contributed by atoms with van der Waals surface area (Å²) in [4.78, 5) is 40.4. The number of methoxy groups -OCH3 is 2. The number of likely N-dealkylation sites (tertiary alicyclic amines) is 1. The second kappa shape index (κ2) is 11.9. The van der Waals surface area contributed by atoms with Crippen LogP contribution in [-0.4, -0.2) is 61.1 Å². The summed E-state index contributed by atoms with van der Waals surface area (Å²) in [5, 5.41) is 12.5. The van der Waals surface area contributed by atoms with Gasteiger partial charge in [0, 0.05) is 19.5 Å². The molecule has 0 unspecified atom stereocenters. The lowest BCUT2D eigenvalue weighted by molar-refractivity contribution is -0.153. The predicted octanol–water partition coefficient (Wildman–Crippen LogP) is 3.91. The molecule has 8 nitrogen and oxygen atoms in total. The van der Waals surface area contributed by atoms with Crippen molar-refractivity contribution in [1.29, 1.82) is 0 Å². The van der Waals surface area contributed by atoms with Gasteiger partial charge in [-0.25, -0.2) is 4.79 Å². The molecule has 1 heterocycles. The number of hydrogen-bond acceptors (Lipinski definition) is 5. The Morgan fingerprint density at radius 1 is 0.972 bits per heavy atom. The van der Waals surface area contributed by atoms with E-state index < -0.39 is 23.3 Å². The van der Waals surface area contributed by atoms with Gasteiger partial charge < -0.3 is 24.8 Å². The van der Waals surface area contributed by atoms with Gasteiger partial charge in [-0.3, -0.25) is 9.59 Å². The number of carboxylic acid groups (broad SMARTS) is 1. The minimum Gasteiger partial charge on any atom is -0.496 e. The molecular weight excluding hydrogens is 460 g/mol. The minimum atomic E-state index is -1.26. The van der Waals surface area contributed by atoms with Crippen molar-refractivity contribution in [3.8, 4) is 22.6 Å². The number of aliphatic carboxylic acids is 1. The van der Waals surface area contributed by atoms with E-state index in [-0.39, 0.29) is 12.3 Å². The van der Waals surface area contributed by atoms with Crippen LogP contribution in [-0.2, 0) is 20.8 Å². The fraction of sp³-hybridized carbons (Fsp3) is 0.464. The lowest BCUT2D eigenvalue weighted by Crippen LogP contribution is -2.55. The van der Waals surface area contributed by atoms with Gasteiger partial charge in [0.15, 0.2) is 0 Å². The number of carboxylic acids is 1. The SMILES string of the molecule is CCC(CC)(C(=O)N[C@@H](Cc1ccc(-c2c(OC)cccc2OC)cc1)C(=O)O)C(=O)N1CCCC1. The number of nitrogens with zero attached hydrogens (tertiary/aromatic N) is 1. The van der Waals surface area contributed by atoms with Gasteiger partial charge in [-0.1, -0.05) is 44.2 Å². The highest BCUT2D eigenvalue weighted by molar-refractivity contribution is 6.06. The molecule has 0 saturated carbocycles. The van der Waals surface area contributed by atoms with Crippen molar-refractivity contribution in [3.05, 3.63) is 48.0 Å². The molecule has 8 heteroatoms. The molecule has 0 radical (unpaired) electrons. The van der Waals surface area contributed by atoms with Crippen LogP contribution in [0.1, 0.15) is 45.1 Å². The zero-order chi connectivity index (χ0) is 26.3. The van der Waals surface area contributed by atoms with Gasteiger partial charge in [-0.05, 0) is 48.9 Å². The molecule has 1 atom stereocenters. The fourth-order valence-electron chi connectivity index (χ4n) is 4.87. The Balaban J connectivity index is 1.80.